The second kappa shape index (κ2) is 7.18. The van der Waals surface area contributed by atoms with Crippen molar-refractivity contribution in [3.05, 3.63) is 0 Å². The highest BCUT2D eigenvalue weighted by Gasteiger charge is 2.69. The Morgan fingerprint density at radius 2 is 0.821 bits per heavy atom. The molecule has 0 aromatic heterocycles. The van der Waals surface area contributed by atoms with Crippen molar-refractivity contribution in [3.63, 3.8) is 0 Å². The topological polar surface area (TPSA) is 0 Å². The van der Waals surface area contributed by atoms with E-state index in [0.717, 1.165) is 24.7 Å². The molecule has 5 aliphatic carbocycles. The average Bonchev–Trinajstić information content (AvgIpc) is 3.02. The molecule has 12 atom stereocenters. The fraction of sp³-hybridized carbons (Fsp3) is 1.00. The lowest BCUT2D eigenvalue weighted by Crippen LogP contribution is -2.68. The zero-order valence-electron chi connectivity index (χ0n) is 16.4. The van der Waals surface area contributed by atoms with Crippen molar-refractivity contribution in [1.29, 1.82) is 0 Å². The molecule has 0 aromatic carbocycles. The van der Waals surface area contributed by atoms with E-state index in [1.807, 2.05) is 0 Å². The molecular formula is C22H30Cl4S2. The van der Waals surface area contributed by atoms with Crippen LogP contribution in [-0.2, 0) is 0 Å². The summed E-state index contributed by atoms with van der Waals surface area (Å²) in [4.78, 5) is 0. The van der Waals surface area contributed by atoms with Gasteiger partial charge in [-0.3, -0.25) is 0 Å². The van der Waals surface area contributed by atoms with E-state index in [-0.39, 0.29) is 21.5 Å². The van der Waals surface area contributed by atoms with E-state index in [2.05, 4.69) is 35.4 Å². The van der Waals surface area contributed by atoms with Crippen LogP contribution in [0.2, 0.25) is 0 Å². The molecular weight excluding hydrogens is 470 g/mol. The van der Waals surface area contributed by atoms with E-state index in [9.17, 15) is 0 Å². The minimum Gasteiger partial charge on any atom is -0.123 e. The van der Waals surface area contributed by atoms with E-state index < -0.39 is 0 Å². The first-order valence-electron chi connectivity index (χ1n) is 11.3. The van der Waals surface area contributed by atoms with Crippen LogP contribution in [0.4, 0.5) is 0 Å². The standard InChI is InChI=1S/C22H30Cl4S2/c1-7-3-9(23)16-18-11(25)5-13-20-14(28-27-13)6-12(26)19(22(18)20)17-10(24)4-8(2)15(7)21(16)17/h7-22H,3-6H2,1-2H3. The Bertz CT molecular complexity index is 588. The maximum Gasteiger partial charge on any atom is 0.0381 e. The fourth-order valence-electron chi connectivity index (χ4n) is 9.31. The second-order valence-electron chi connectivity index (χ2n) is 10.8. The molecule has 6 fully saturated rings. The lowest BCUT2D eigenvalue weighted by molar-refractivity contribution is -0.150. The number of rotatable bonds is 0. The molecule has 6 heteroatoms. The SMILES string of the molecule is CC1CC(Cl)C2C3C(Cl)CC4SSC5CC(Cl)C(C6C(Cl)CC(C)C1C26)C3C45. The van der Waals surface area contributed by atoms with Gasteiger partial charge < -0.3 is 0 Å². The minimum atomic E-state index is 0.257. The highest BCUT2D eigenvalue weighted by atomic mass is 35.5. The van der Waals surface area contributed by atoms with Gasteiger partial charge in [-0.1, -0.05) is 35.4 Å². The van der Waals surface area contributed by atoms with Crippen molar-refractivity contribution in [1.82, 2.24) is 0 Å². The number of fused-ring (bicyclic) bond motifs is 2. The minimum absolute atomic E-state index is 0.257. The molecule has 1 heterocycles. The van der Waals surface area contributed by atoms with Gasteiger partial charge in [0.25, 0.3) is 0 Å². The Hall–Kier alpha value is 1.86. The molecule has 0 spiro atoms. The van der Waals surface area contributed by atoms with Gasteiger partial charge in [-0.15, -0.1) is 46.4 Å². The predicted octanol–water partition coefficient (Wildman–Crippen LogP) is 7.38. The number of alkyl halides is 4. The van der Waals surface area contributed by atoms with Crippen LogP contribution in [0.15, 0.2) is 0 Å². The van der Waals surface area contributed by atoms with Gasteiger partial charge >= 0.3 is 0 Å². The molecule has 0 N–H and O–H groups in total. The van der Waals surface area contributed by atoms with Crippen LogP contribution < -0.4 is 0 Å². The smallest absolute Gasteiger partial charge is 0.0381 e. The summed E-state index contributed by atoms with van der Waals surface area (Å²) >= 11 is 28.9. The van der Waals surface area contributed by atoms with Gasteiger partial charge in [0.1, 0.15) is 0 Å². The van der Waals surface area contributed by atoms with Crippen molar-refractivity contribution in [2.24, 2.45) is 59.2 Å². The fourth-order valence-corrected chi connectivity index (χ4v) is 15.9. The first kappa shape index (κ1) is 20.5. The zero-order valence-corrected chi connectivity index (χ0v) is 21.1. The van der Waals surface area contributed by atoms with Crippen molar-refractivity contribution in [2.45, 2.75) is 71.5 Å². The van der Waals surface area contributed by atoms with Gasteiger partial charge in [0.05, 0.1) is 0 Å². The molecule has 6 aliphatic rings. The van der Waals surface area contributed by atoms with Gasteiger partial charge in [-0.25, -0.2) is 0 Å². The monoisotopic (exact) mass is 498 g/mol. The van der Waals surface area contributed by atoms with Crippen LogP contribution in [0.3, 0.4) is 0 Å². The molecule has 0 amide bonds. The number of hydrogen-bond acceptors (Lipinski definition) is 2. The summed E-state index contributed by atoms with van der Waals surface area (Å²) in [5.74, 6) is 6.34. The summed E-state index contributed by atoms with van der Waals surface area (Å²) in [5.41, 5.74) is 0. The van der Waals surface area contributed by atoms with E-state index >= 15 is 0 Å². The molecule has 6 rings (SSSR count). The zero-order chi connectivity index (χ0) is 19.5. The Balaban J connectivity index is 1.51. The van der Waals surface area contributed by atoms with Crippen LogP contribution in [0.5, 0.6) is 0 Å². The molecule has 0 radical (unpaired) electrons. The molecule has 0 bridgehead atoms. The summed E-state index contributed by atoms with van der Waals surface area (Å²) < 4.78 is 0. The first-order chi connectivity index (χ1) is 13.4. The van der Waals surface area contributed by atoms with Gasteiger partial charge in [0.2, 0.25) is 0 Å². The van der Waals surface area contributed by atoms with Crippen LogP contribution >= 0.6 is 68.0 Å². The van der Waals surface area contributed by atoms with Crippen molar-refractivity contribution in [2.75, 3.05) is 0 Å². The highest BCUT2D eigenvalue weighted by molar-refractivity contribution is 8.77. The first-order valence-corrected chi connectivity index (χ1v) is 15.3. The Labute approximate surface area is 197 Å². The van der Waals surface area contributed by atoms with E-state index in [1.165, 1.54) is 12.8 Å². The maximum absolute atomic E-state index is 7.24. The molecule has 158 valence electrons. The summed E-state index contributed by atoms with van der Waals surface area (Å²) in [6.45, 7) is 4.89. The Kier molecular flexibility index (Phi) is 5.25. The van der Waals surface area contributed by atoms with Crippen molar-refractivity contribution >= 4 is 68.0 Å². The predicted molar refractivity (Wildman–Crippen MR) is 126 cm³/mol. The summed E-state index contributed by atoms with van der Waals surface area (Å²) in [7, 11) is 4.22. The molecule has 12 unspecified atom stereocenters. The molecule has 0 nitrogen and oxygen atoms in total. The van der Waals surface area contributed by atoms with E-state index in [1.54, 1.807) is 0 Å². The Morgan fingerprint density at radius 3 is 1.25 bits per heavy atom. The summed E-state index contributed by atoms with van der Waals surface area (Å²) in [6.07, 6.45) is 4.64. The average molecular weight is 500 g/mol. The molecule has 5 saturated carbocycles. The van der Waals surface area contributed by atoms with Gasteiger partial charge in [0.15, 0.2) is 0 Å². The number of halogens is 4. The lowest BCUT2D eigenvalue weighted by atomic mass is 9.40. The summed E-state index contributed by atoms with van der Waals surface area (Å²) in [5, 5.41) is 2.46. The van der Waals surface area contributed by atoms with Crippen LogP contribution in [0.25, 0.3) is 0 Å². The van der Waals surface area contributed by atoms with Crippen LogP contribution in [0, 0.1) is 59.2 Å². The third-order valence-electron chi connectivity index (χ3n) is 9.81. The normalized spacial score (nSPS) is 67.5. The molecule has 1 saturated heterocycles. The second-order valence-corrected chi connectivity index (χ2v) is 15.8. The molecule has 28 heavy (non-hydrogen) atoms. The quantitative estimate of drug-likeness (QED) is 0.252. The van der Waals surface area contributed by atoms with Crippen LogP contribution in [0.1, 0.15) is 39.5 Å². The maximum atomic E-state index is 7.24. The highest BCUT2D eigenvalue weighted by Crippen LogP contribution is 2.72. The van der Waals surface area contributed by atoms with Gasteiger partial charge in [-0.05, 0) is 84.9 Å². The largest absolute Gasteiger partial charge is 0.123 e. The van der Waals surface area contributed by atoms with Crippen LogP contribution in [-0.4, -0.2) is 32.0 Å². The van der Waals surface area contributed by atoms with E-state index in [0.29, 0.717) is 57.8 Å². The molecule has 0 aromatic rings. The van der Waals surface area contributed by atoms with Crippen molar-refractivity contribution < 1.29 is 0 Å². The van der Waals surface area contributed by atoms with Gasteiger partial charge in [-0.2, -0.15) is 0 Å². The Morgan fingerprint density at radius 1 is 0.464 bits per heavy atom. The van der Waals surface area contributed by atoms with Crippen molar-refractivity contribution in [3.8, 4) is 0 Å². The number of hydrogen-bond donors (Lipinski definition) is 0. The third-order valence-corrected chi connectivity index (χ3v) is 15.1. The third kappa shape index (κ3) is 2.66. The van der Waals surface area contributed by atoms with Gasteiger partial charge in [0, 0.05) is 32.0 Å². The van der Waals surface area contributed by atoms with E-state index in [4.69, 9.17) is 46.4 Å². The lowest BCUT2D eigenvalue weighted by Gasteiger charge is -2.68. The molecule has 1 aliphatic heterocycles. The summed E-state index contributed by atoms with van der Waals surface area (Å²) in [6, 6.07) is 0.